The average molecular weight is 520 g/mol. The topological polar surface area (TPSA) is 94.8 Å². The molecule has 9 heteroatoms. The van der Waals surface area contributed by atoms with E-state index in [4.69, 9.17) is 13.9 Å². The highest BCUT2D eigenvalue weighted by Gasteiger charge is 2.45. The number of methoxy groups -OCH3 is 1. The summed E-state index contributed by atoms with van der Waals surface area (Å²) in [4.78, 5) is 29.0. The second-order valence-corrected chi connectivity index (χ2v) is 10.3. The number of anilines is 1. The molecule has 1 atom stereocenters. The number of amides is 1. The average Bonchev–Trinajstić information content (AvgIpc) is 3.50. The summed E-state index contributed by atoms with van der Waals surface area (Å²) in [6.07, 6.45) is 3.13. The van der Waals surface area contributed by atoms with Crippen LogP contribution in [0.25, 0.3) is 11.0 Å². The predicted octanol–water partition coefficient (Wildman–Crippen LogP) is 6.10. The number of aromatic nitrogens is 2. The number of carbonyl (C=O) groups is 1. The molecular weight excluding hydrogens is 490 g/mol. The quantitative estimate of drug-likeness (QED) is 0.247. The Kier molecular flexibility index (Phi) is 6.97. The van der Waals surface area contributed by atoms with Crippen molar-refractivity contribution in [2.24, 2.45) is 0 Å². The monoisotopic (exact) mass is 519 g/mol. The summed E-state index contributed by atoms with van der Waals surface area (Å²) in [6, 6.07) is 11.7. The zero-order chi connectivity index (χ0) is 26.1. The first-order valence-corrected chi connectivity index (χ1v) is 13.3. The van der Waals surface area contributed by atoms with Gasteiger partial charge in [0, 0.05) is 5.92 Å². The molecule has 2 aromatic carbocycles. The maximum Gasteiger partial charge on any atom is 0.297 e. The zero-order valence-electron chi connectivity index (χ0n) is 21.3. The minimum Gasteiger partial charge on any atom is -0.493 e. The van der Waals surface area contributed by atoms with Crippen molar-refractivity contribution < 1.29 is 18.7 Å². The number of unbranched alkanes of at least 4 members (excludes halogenated alkanes) is 2. The van der Waals surface area contributed by atoms with Gasteiger partial charge < -0.3 is 13.9 Å². The maximum atomic E-state index is 13.8. The SMILES string of the molecule is CCCCCOc1ccc(C2c3c(oc4ccccc4c3=O)C(=O)N2c2nnc(C(C)C)s2)cc1OC. The van der Waals surface area contributed by atoms with Crippen LogP contribution in [0, 0.1) is 0 Å². The number of carbonyl (C=O) groups excluding carboxylic acids is 1. The highest BCUT2D eigenvalue weighted by atomic mass is 32.1. The Balaban J connectivity index is 1.65. The standard InChI is InChI=1S/C28H29N3O5S/c1-5-6-9-14-35-20-13-12-17(15-21(20)34-4)23-22-24(32)18-10-7-8-11-19(18)36-25(22)27(33)31(23)28-30-29-26(37-28)16(2)3/h7-8,10-13,15-16,23H,5-6,9,14H2,1-4H3. The van der Waals surface area contributed by atoms with Crippen LogP contribution in [0.2, 0.25) is 0 Å². The second-order valence-electron chi connectivity index (χ2n) is 9.29. The van der Waals surface area contributed by atoms with Crippen LogP contribution in [0.3, 0.4) is 0 Å². The highest BCUT2D eigenvalue weighted by molar-refractivity contribution is 7.15. The van der Waals surface area contributed by atoms with E-state index in [1.165, 1.54) is 16.2 Å². The molecule has 37 heavy (non-hydrogen) atoms. The highest BCUT2D eigenvalue weighted by Crippen LogP contribution is 2.44. The maximum absolute atomic E-state index is 13.8. The van der Waals surface area contributed by atoms with Crippen molar-refractivity contribution in [2.75, 3.05) is 18.6 Å². The summed E-state index contributed by atoms with van der Waals surface area (Å²) >= 11 is 1.33. The Bertz CT molecular complexity index is 1510. The lowest BCUT2D eigenvalue weighted by Crippen LogP contribution is -2.29. The van der Waals surface area contributed by atoms with Crippen LogP contribution in [0.15, 0.2) is 51.7 Å². The van der Waals surface area contributed by atoms with Crippen LogP contribution in [0.1, 0.15) is 78.7 Å². The van der Waals surface area contributed by atoms with Crippen molar-refractivity contribution >= 4 is 33.3 Å². The first-order valence-electron chi connectivity index (χ1n) is 12.5. The molecule has 5 rings (SSSR count). The molecule has 4 aromatic rings. The molecule has 0 spiro atoms. The second kappa shape index (κ2) is 10.3. The first-order chi connectivity index (χ1) is 17.9. The molecule has 1 unspecified atom stereocenters. The van der Waals surface area contributed by atoms with Gasteiger partial charge >= 0.3 is 0 Å². The molecule has 0 radical (unpaired) electrons. The largest absolute Gasteiger partial charge is 0.493 e. The van der Waals surface area contributed by atoms with Crippen molar-refractivity contribution in [1.82, 2.24) is 10.2 Å². The number of hydrogen-bond acceptors (Lipinski definition) is 8. The van der Waals surface area contributed by atoms with Gasteiger partial charge in [-0.3, -0.25) is 14.5 Å². The summed E-state index contributed by atoms with van der Waals surface area (Å²) < 4.78 is 17.6. The van der Waals surface area contributed by atoms with E-state index in [9.17, 15) is 9.59 Å². The summed E-state index contributed by atoms with van der Waals surface area (Å²) in [6.45, 7) is 6.76. The van der Waals surface area contributed by atoms with Crippen LogP contribution in [-0.2, 0) is 0 Å². The number of rotatable bonds is 9. The van der Waals surface area contributed by atoms with Crippen molar-refractivity contribution in [3.05, 3.63) is 74.6 Å². The van der Waals surface area contributed by atoms with Crippen LogP contribution in [0.5, 0.6) is 11.5 Å². The van der Waals surface area contributed by atoms with E-state index in [1.807, 2.05) is 32.0 Å². The Labute approximate surface area is 218 Å². The smallest absolute Gasteiger partial charge is 0.297 e. The number of nitrogens with zero attached hydrogens (tertiary/aromatic N) is 3. The van der Waals surface area contributed by atoms with Gasteiger partial charge in [-0.05, 0) is 36.2 Å². The van der Waals surface area contributed by atoms with E-state index < -0.39 is 11.9 Å². The lowest BCUT2D eigenvalue weighted by molar-refractivity contribution is 0.0970. The summed E-state index contributed by atoms with van der Waals surface area (Å²) in [5.41, 5.74) is 1.09. The zero-order valence-corrected chi connectivity index (χ0v) is 22.1. The molecule has 1 amide bonds. The van der Waals surface area contributed by atoms with Crippen molar-refractivity contribution in [1.29, 1.82) is 0 Å². The van der Waals surface area contributed by atoms with E-state index in [-0.39, 0.29) is 22.7 Å². The number of hydrogen-bond donors (Lipinski definition) is 0. The Morgan fingerprint density at radius 1 is 1.08 bits per heavy atom. The van der Waals surface area contributed by atoms with E-state index >= 15 is 0 Å². The molecule has 8 nitrogen and oxygen atoms in total. The van der Waals surface area contributed by atoms with Gasteiger partial charge in [0.2, 0.25) is 10.9 Å². The van der Waals surface area contributed by atoms with Crippen LogP contribution in [0.4, 0.5) is 5.13 Å². The molecule has 0 saturated heterocycles. The Morgan fingerprint density at radius 2 is 1.89 bits per heavy atom. The predicted molar refractivity (Wildman–Crippen MR) is 143 cm³/mol. The van der Waals surface area contributed by atoms with Gasteiger partial charge in [-0.1, -0.05) is 63.1 Å². The van der Waals surface area contributed by atoms with Crippen molar-refractivity contribution in [3.8, 4) is 11.5 Å². The van der Waals surface area contributed by atoms with E-state index in [0.717, 1.165) is 24.3 Å². The van der Waals surface area contributed by atoms with Gasteiger partial charge in [0.25, 0.3) is 5.91 Å². The molecule has 0 bridgehead atoms. The molecule has 1 aliphatic heterocycles. The molecule has 3 heterocycles. The molecule has 0 saturated carbocycles. The van der Waals surface area contributed by atoms with Gasteiger partial charge in [-0.25, -0.2) is 0 Å². The third-order valence-electron chi connectivity index (χ3n) is 6.42. The lowest BCUT2D eigenvalue weighted by atomic mass is 9.98. The van der Waals surface area contributed by atoms with Gasteiger partial charge in [-0.2, -0.15) is 0 Å². The number of ether oxygens (including phenoxy) is 2. The molecule has 1 aliphatic rings. The fourth-order valence-electron chi connectivity index (χ4n) is 4.50. The van der Waals surface area contributed by atoms with Gasteiger partial charge in [0.15, 0.2) is 16.9 Å². The van der Waals surface area contributed by atoms with Gasteiger partial charge in [0.1, 0.15) is 10.6 Å². The fraction of sp³-hybridized carbons (Fsp3) is 0.357. The van der Waals surface area contributed by atoms with E-state index in [0.29, 0.717) is 39.8 Å². The third kappa shape index (κ3) is 4.48. The Morgan fingerprint density at radius 3 is 2.62 bits per heavy atom. The van der Waals surface area contributed by atoms with Crippen LogP contribution >= 0.6 is 11.3 Å². The molecule has 0 fully saturated rings. The van der Waals surface area contributed by atoms with Crippen molar-refractivity contribution in [3.63, 3.8) is 0 Å². The minimum absolute atomic E-state index is 0.0221. The minimum atomic E-state index is -0.751. The fourth-order valence-corrected chi connectivity index (χ4v) is 5.37. The lowest BCUT2D eigenvalue weighted by Gasteiger charge is -2.23. The van der Waals surface area contributed by atoms with Gasteiger partial charge in [0.05, 0.1) is 30.7 Å². The summed E-state index contributed by atoms with van der Waals surface area (Å²) in [7, 11) is 1.57. The van der Waals surface area contributed by atoms with Crippen LogP contribution in [-0.4, -0.2) is 29.8 Å². The number of benzene rings is 2. The summed E-state index contributed by atoms with van der Waals surface area (Å²) in [5.74, 6) is 0.889. The molecule has 192 valence electrons. The first kappa shape index (κ1) is 25.0. The molecular formula is C28H29N3O5S. The molecule has 2 aromatic heterocycles. The number of fused-ring (bicyclic) bond motifs is 2. The van der Waals surface area contributed by atoms with E-state index in [2.05, 4.69) is 17.1 Å². The Hall–Kier alpha value is -3.72. The number of para-hydroxylation sites is 1. The van der Waals surface area contributed by atoms with E-state index in [1.54, 1.807) is 31.4 Å². The molecule has 0 aliphatic carbocycles. The van der Waals surface area contributed by atoms with Crippen LogP contribution < -0.4 is 19.8 Å². The normalized spacial score (nSPS) is 15.0. The van der Waals surface area contributed by atoms with Crippen molar-refractivity contribution in [2.45, 2.75) is 52.0 Å². The third-order valence-corrected chi connectivity index (χ3v) is 7.64. The molecule has 0 N–H and O–H groups in total. The summed E-state index contributed by atoms with van der Waals surface area (Å²) in [5, 5.41) is 10.2. The van der Waals surface area contributed by atoms with Gasteiger partial charge in [-0.15, -0.1) is 10.2 Å².